The van der Waals surface area contributed by atoms with Gasteiger partial charge in [0.25, 0.3) is 0 Å². The number of amides is 1. The highest BCUT2D eigenvalue weighted by atomic mass is 16.7. The number of hydrogen-bond acceptors (Lipinski definition) is 13. The zero-order chi connectivity index (χ0) is 70.1. The van der Waals surface area contributed by atoms with Gasteiger partial charge in [-0.2, -0.15) is 0 Å². The molecule has 12 unspecified atom stereocenters. The Balaban J connectivity index is 1.53. The number of carbonyl (C=O) groups excluding carboxylic acids is 1. The van der Waals surface area contributed by atoms with Crippen LogP contribution in [0.2, 0.25) is 0 Å². The summed E-state index contributed by atoms with van der Waals surface area (Å²) in [5.74, 6) is -0.195. The van der Waals surface area contributed by atoms with E-state index in [1.54, 1.807) is 0 Å². The Morgan fingerprint density at radius 3 is 0.876 bits per heavy atom. The smallest absolute Gasteiger partial charge is 0.220 e. The third kappa shape index (κ3) is 50.9. The van der Waals surface area contributed by atoms with Crippen molar-refractivity contribution in [2.45, 2.75) is 505 Å². The molecular formula is C83H163NO13. The second-order valence-corrected chi connectivity index (χ2v) is 30.7. The van der Waals surface area contributed by atoms with E-state index in [4.69, 9.17) is 18.9 Å². The second-order valence-electron chi connectivity index (χ2n) is 30.7. The average Bonchev–Trinajstić information content (AvgIpc) is 0.794. The van der Waals surface area contributed by atoms with Crippen LogP contribution in [0.1, 0.15) is 431 Å². The Kier molecular flexibility index (Phi) is 64.7. The van der Waals surface area contributed by atoms with Crippen LogP contribution in [0.4, 0.5) is 0 Å². The maximum absolute atomic E-state index is 13.4. The van der Waals surface area contributed by atoms with Crippen molar-refractivity contribution in [3.8, 4) is 0 Å². The fourth-order valence-electron chi connectivity index (χ4n) is 14.8. The van der Waals surface area contributed by atoms with Gasteiger partial charge >= 0.3 is 0 Å². The van der Waals surface area contributed by atoms with Crippen LogP contribution >= 0.6 is 0 Å². The standard InChI is InChI=1S/C83H163NO13/c1-3-5-7-9-11-13-15-17-19-21-23-25-27-28-29-30-31-32-33-34-35-36-37-38-39-40-41-42-43-44-45-47-49-51-53-55-57-59-61-63-65-67-75(88)84-71(70-94-82-80(93)78(91)81(74(69-86)96-82)97-83-79(92)77(90)76(89)73(68-85)95-83)72(87)66-64-62-60-58-56-54-52-50-48-46-26-24-22-20-18-16-14-12-10-8-6-4-2/h71-74,76-83,85-87,89-93H,3-70H2,1-2H3,(H,84,88). The van der Waals surface area contributed by atoms with Crippen molar-refractivity contribution >= 4 is 5.91 Å². The minimum absolute atomic E-state index is 0.195. The monoisotopic (exact) mass is 1380 g/mol. The minimum Gasteiger partial charge on any atom is -0.394 e. The van der Waals surface area contributed by atoms with E-state index in [-0.39, 0.29) is 12.5 Å². The number of aliphatic hydroxyl groups excluding tert-OH is 8. The number of rotatable bonds is 74. The molecule has 0 aromatic rings. The molecule has 0 aromatic heterocycles. The maximum Gasteiger partial charge on any atom is 0.220 e. The van der Waals surface area contributed by atoms with Crippen LogP contribution in [0.5, 0.6) is 0 Å². The lowest BCUT2D eigenvalue weighted by molar-refractivity contribution is -0.359. The summed E-state index contributed by atoms with van der Waals surface area (Å²) in [5, 5.41) is 87.9. The summed E-state index contributed by atoms with van der Waals surface area (Å²) < 4.78 is 23.0. The van der Waals surface area contributed by atoms with Crippen molar-refractivity contribution in [1.29, 1.82) is 0 Å². The van der Waals surface area contributed by atoms with E-state index in [1.165, 1.54) is 353 Å². The van der Waals surface area contributed by atoms with Gasteiger partial charge in [-0.05, 0) is 12.8 Å². The highest BCUT2D eigenvalue weighted by molar-refractivity contribution is 5.76. The number of nitrogens with one attached hydrogen (secondary N) is 1. The largest absolute Gasteiger partial charge is 0.394 e. The van der Waals surface area contributed by atoms with E-state index in [1.807, 2.05) is 0 Å². The predicted octanol–water partition coefficient (Wildman–Crippen LogP) is 19.9. The number of hydrogen-bond donors (Lipinski definition) is 9. The van der Waals surface area contributed by atoms with Gasteiger partial charge in [0, 0.05) is 6.42 Å². The third-order valence-electron chi connectivity index (χ3n) is 21.6. The highest BCUT2D eigenvalue weighted by Gasteiger charge is 2.51. The zero-order valence-corrected chi connectivity index (χ0v) is 63.6. The van der Waals surface area contributed by atoms with E-state index in [9.17, 15) is 45.6 Å². The van der Waals surface area contributed by atoms with Crippen molar-refractivity contribution in [1.82, 2.24) is 5.32 Å². The van der Waals surface area contributed by atoms with Crippen molar-refractivity contribution < 1.29 is 64.6 Å². The molecule has 14 nitrogen and oxygen atoms in total. The molecular weight excluding hydrogens is 1220 g/mol. The van der Waals surface area contributed by atoms with Crippen LogP contribution in [0, 0.1) is 0 Å². The van der Waals surface area contributed by atoms with E-state index in [0.29, 0.717) is 12.8 Å². The molecule has 1 amide bonds. The molecule has 0 aliphatic carbocycles. The summed E-state index contributed by atoms with van der Waals surface area (Å²) in [4.78, 5) is 13.4. The molecule has 12 atom stereocenters. The molecule has 2 aliphatic heterocycles. The van der Waals surface area contributed by atoms with Gasteiger partial charge in [-0.1, -0.05) is 412 Å². The second kappa shape index (κ2) is 68.1. The Morgan fingerprint density at radius 1 is 0.330 bits per heavy atom. The van der Waals surface area contributed by atoms with Gasteiger partial charge in [-0.3, -0.25) is 4.79 Å². The van der Waals surface area contributed by atoms with Crippen LogP contribution in [-0.4, -0.2) is 140 Å². The van der Waals surface area contributed by atoms with E-state index in [0.717, 1.165) is 51.4 Å². The summed E-state index contributed by atoms with van der Waals surface area (Å²) >= 11 is 0. The summed E-state index contributed by atoms with van der Waals surface area (Å²) in [5.41, 5.74) is 0. The number of carbonyl (C=O) groups is 1. The van der Waals surface area contributed by atoms with Crippen LogP contribution in [0.25, 0.3) is 0 Å². The third-order valence-corrected chi connectivity index (χ3v) is 21.6. The molecule has 2 heterocycles. The van der Waals surface area contributed by atoms with Crippen LogP contribution < -0.4 is 5.32 Å². The van der Waals surface area contributed by atoms with Crippen molar-refractivity contribution in [2.75, 3.05) is 19.8 Å². The molecule has 97 heavy (non-hydrogen) atoms. The first-order valence-corrected chi connectivity index (χ1v) is 42.8. The van der Waals surface area contributed by atoms with E-state index in [2.05, 4.69) is 19.2 Å². The summed E-state index contributed by atoms with van der Waals surface area (Å²) in [6.45, 7) is 2.95. The summed E-state index contributed by atoms with van der Waals surface area (Å²) in [6.07, 6.45) is 69.0. The molecule has 0 bridgehead atoms. The Morgan fingerprint density at radius 2 is 0.588 bits per heavy atom. The molecule has 578 valence electrons. The lowest BCUT2D eigenvalue weighted by atomic mass is 9.97. The van der Waals surface area contributed by atoms with Gasteiger partial charge in [0.15, 0.2) is 12.6 Å². The molecule has 9 N–H and O–H groups in total. The first-order chi connectivity index (χ1) is 47.6. The molecule has 0 radical (unpaired) electrons. The Bertz CT molecular complexity index is 1630. The van der Waals surface area contributed by atoms with Crippen LogP contribution in [0.15, 0.2) is 0 Å². The van der Waals surface area contributed by atoms with Gasteiger partial charge in [-0.25, -0.2) is 0 Å². The Labute approximate surface area is 597 Å². The van der Waals surface area contributed by atoms with Gasteiger partial charge < -0.3 is 65.1 Å². The first-order valence-electron chi connectivity index (χ1n) is 42.8. The number of unbranched alkanes of at least 4 members (excludes halogenated alkanes) is 61. The quantitative estimate of drug-likeness (QED) is 0.0259. The predicted molar refractivity (Wildman–Crippen MR) is 402 cm³/mol. The summed E-state index contributed by atoms with van der Waals surface area (Å²) in [6, 6.07) is -0.825. The fraction of sp³-hybridized carbons (Fsp3) is 0.988. The molecule has 0 spiro atoms. The maximum atomic E-state index is 13.4. The first kappa shape index (κ1) is 92.1. The summed E-state index contributed by atoms with van der Waals surface area (Å²) in [7, 11) is 0. The normalized spacial score (nSPS) is 22.0. The van der Waals surface area contributed by atoms with Gasteiger partial charge in [0.05, 0.1) is 32.0 Å². The molecule has 2 fully saturated rings. The van der Waals surface area contributed by atoms with Crippen molar-refractivity contribution in [3.05, 3.63) is 0 Å². The molecule has 0 saturated carbocycles. The molecule has 2 rings (SSSR count). The van der Waals surface area contributed by atoms with Gasteiger partial charge in [-0.15, -0.1) is 0 Å². The van der Waals surface area contributed by atoms with E-state index >= 15 is 0 Å². The Hall–Kier alpha value is -1.01. The van der Waals surface area contributed by atoms with Gasteiger partial charge in [0.2, 0.25) is 5.91 Å². The van der Waals surface area contributed by atoms with Crippen molar-refractivity contribution in [2.24, 2.45) is 0 Å². The fourth-order valence-corrected chi connectivity index (χ4v) is 14.8. The van der Waals surface area contributed by atoms with Crippen molar-refractivity contribution in [3.63, 3.8) is 0 Å². The van der Waals surface area contributed by atoms with E-state index < -0.39 is 86.8 Å². The number of aliphatic hydroxyl groups is 8. The molecule has 2 aliphatic rings. The molecule has 2 saturated heterocycles. The zero-order valence-electron chi connectivity index (χ0n) is 63.6. The molecule has 0 aromatic carbocycles. The van der Waals surface area contributed by atoms with Gasteiger partial charge in [0.1, 0.15) is 48.8 Å². The van der Waals surface area contributed by atoms with Crippen LogP contribution in [-0.2, 0) is 23.7 Å². The lowest BCUT2D eigenvalue weighted by Gasteiger charge is -2.46. The van der Waals surface area contributed by atoms with Crippen LogP contribution in [0.3, 0.4) is 0 Å². The topological polar surface area (TPSA) is 228 Å². The molecule has 14 heteroatoms. The lowest BCUT2D eigenvalue weighted by Crippen LogP contribution is -2.65. The number of ether oxygens (including phenoxy) is 4. The average molecular weight is 1380 g/mol. The minimum atomic E-state index is -1.78. The highest BCUT2D eigenvalue weighted by Crippen LogP contribution is 2.31. The SMILES string of the molecule is CCCCCCCCCCCCCCCCCCCCCCCCCCCCCCCCCCCCCCCCCCCC(=O)NC(COC1OC(CO)C(OC2OC(CO)C(O)C(O)C2O)C(O)C1O)C(O)CCCCCCCCCCCCCCCCCCCCCCCC.